The second kappa shape index (κ2) is 6.41. The molecule has 1 N–H and O–H groups in total. The molecule has 2 aliphatic rings. The van der Waals surface area contributed by atoms with Crippen molar-refractivity contribution in [3.8, 4) is 0 Å². The van der Waals surface area contributed by atoms with Crippen LogP contribution in [-0.4, -0.2) is 31.1 Å². The number of hydrogen-bond donors (Lipinski definition) is 1. The SMILES string of the molecule is CC(c1ccc(Cl)cc1Cl)N1CCC2(CCNC2)C1.Cl. The van der Waals surface area contributed by atoms with Gasteiger partial charge in [-0.1, -0.05) is 29.3 Å². The zero-order valence-electron chi connectivity index (χ0n) is 11.7. The molecule has 2 aliphatic heterocycles. The van der Waals surface area contributed by atoms with Gasteiger partial charge in [-0.05, 0) is 56.0 Å². The molecule has 1 spiro atoms. The third-order valence-electron chi connectivity index (χ3n) is 4.76. The van der Waals surface area contributed by atoms with Crippen LogP contribution in [0.15, 0.2) is 18.2 Å². The summed E-state index contributed by atoms with van der Waals surface area (Å²) in [6, 6.07) is 6.21. The normalized spacial score (nSPS) is 27.8. The molecule has 2 saturated heterocycles. The highest BCUT2D eigenvalue weighted by Gasteiger charge is 2.41. The van der Waals surface area contributed by atoms with Crippen molar-refractivity contribution in [3.05, 3.63) is 33.8 Å². The molecule has 0 bridgehead atoms. The molecule has 0 aliphatic carbocycles. The van der Waals surface area contributed by atoms with E-state index in [9.17, 15) is 0 Å². The van der Waals surface area contributed by atoms with Gasteiger partial charge < -0.3 is 5.32 Å². The molecule has 112 valence electrons. The van der Waals surface area contributed by atoms with Gasteiger partial charge in [-0.25, -0.2) is 0 Å². The highest BCUT2D eigenvalue weighted by atomic mass is 35.5. The lowest BCUT2D eigenvalue weighted by Crippen LogP contribution is -2.30. The van der Waals surface area contributed by atoms with Gasteiger partial charge in [-0.2, -0.15) is 0 Å². The fourth-order valence-corrected chi connectivity index (χ4v) is 4.05. The van der Waals surface area contributed by atoms with Gasteiger partial charge in [-0.15, -0.1) is 12.4 Å². The molecule has 3 rings (SSSR count). The van der Waals surface area contributed by atoms with Crippen LogP contribution in [-0.2, 0) is 0 Å². The zero-order valence-corrected chi connectivity index (χ0v) is 14.0. The maximum absolute atomic E-state index is 6.33. The van der Waals surface area contributed by atoms with Crippen molar-refractivity contribution < 1.29 is 0 Å². The van der Waals surface area contributed by atoms with E-state index in [1.165, 1.54) is 44.6 Å². The van der Waals surface area contributed by atoms with Crippen molar-refractivity contribution >= 4 is 35.6 Å². The van der Waals surface area contributed by atoms with Crippen LogP contribution in [0.1, 0.15) is 31.4 Å². The van der Waals surface area contributed by atoms with E-state index in [2.05, 4.69) is 23.2 Å². The van der Waals surface area contributed by atoms with Gasteiger partial charge in [0.1, 0.15) is 0 Å². The van der Waals surface area contributed by atoms with E-state index < -0.39 is 0 Å². The smallest absolute Gasteiger partial charge is 0.0468 e. The van der Waals surface area contributed by atoms with Crippen LogP contribution in [0.3, 0.4) is 0 Å². The molecule has 1 aromatic carbocycles. The fraction of sp³-hybridized carbons (Fsp3) is 0.600. The molecule has 2 unspecified atom stereocenters. The van der Waals surface area contributed by atoms with Crippen molar-refractivity contribution in [2.75, 3.05) is 26.2 Å². The highest BCUT2D eigenvalue weighted by Crippen LogP contribution is 2.40. The van der Waals surface area contributed by atoms with E-state index in [-0.39, 0.29) is 12.4 Å². The summed E-state index contributed by atoms with van der Waals surface area (Å²) in [5.41, 5.74) is 1.70. The Labute approximate surface area is 137 Å². The summed E-state index contributed by atoms with van der Waals surface area (Å²) in [5.74, 6) is 0. The molecule has 0 radical (unpaired) electrons. The molecule has 2 atom stereocenters. The number of hydrogen-bond acceptors (Lipinski definition) is 2. The van der Waals surface area contributed by atoms with Gasteiger partial charge >= 0.3 is 0 Å². The summed E-state index contributed by atoms with van der Waals surface area (Å²) in [6.45, 7) is 6.94. The maximum atomic E-state index is 6.33. The first-order valence-electron chi connectivity index (χ1n) is 6.99. The molecular weight excluding hydrogens is 315 g/mol. The third-order valence-corrected chi connectivity index (χ3v) is 5.32. The van der Waals surface area contributed by atoms with E-state index >= 15 is 0 Å². The highest BCUT2D eigenvalue weighted by molar-refractivity contribution is 6.35. The van der Waals surface area contributed by atoms with Crippen molar-refractivity contribution in [1.29, 1.82) is 0 Å². The lowest BCUT2D eigenvalue weighted by atomic mass is 9.86. The standard InChI is InChI=1S/C15H20Cl2N2.ClH/c1-11(13-3-2-12(16)8-14(13)17)19-7-5-15(10-19)4-6-18-9-15;/h2-3,8,11,18H,4-7,9-10H2,1H3;1H. The lowest BCUT2D eigenvalue weighted by molar-refractivity contribution is 0.224. The van der Waals surface area contributed by atoms with Gasteiger partial charge in [0.25, 0.3) is 0 Å². The Kier molecular flexibility index (Phi) is 5.25. The van der Waals surface area contributed by atoms with Crippen LogP contribution in [0.4, 0.5) is 0 Å². The molecule has 0 amide bonds. The van der Waals surface area contributed by atoms with Crippen LogP contribution in [0.25, 0.3) is 0 Å². The van der Waals surface area contributed by atoms with E-state index in [4.69, 9.17) is 23.2 Å². The van der Waals surface area contributed by atoms with Crippen molar-refractivity contribution in [3.63, 3.8) is 0 Å². The molecule has 20 heavy (non-hydrogen) atoms. The van der Waals surface area contributed by atoms with Crippen molar-refractivity contribution in [1.82, 2.24) is 10.2 Å². The monoisotopic (exact) mass is 334 g/mol. The Bertz CT molecular complexity index is 472. The molecular formula is C15H21Cl3N2. The first kappa shape index (κ1) is 16.4. The molecule has 0 aromatic heterocycles. The van der Waals surface area contributed by atoms with Gasteiger partial charge in [0.2, 0.25) is 0 Å². The Morgan fingerprint density at radius 3 is 2.75 bits per heavy atom. The molecule has 2 nitrogen and oxygen atoms in total. The minimum Gasteiger partial charge on any atom is -0.316 e. The second-order valence-electron chi connectivity index (χ2n) is 5.99. The summed E-state index contributed by atoms with van der Waals surface area (Å²) in [7, 11) is 0. The summed E-state index contributed by atoms with van der Waals surface area (Å²) < 4.78 is 0. The number of nitrogens with one attached hydrogen (secondary N) is 1. The summed E-state index contributed by atoms with van der Waals surface area (Å²) in [4.78, 5) is 2.56. The van der Waals surface area contributed by atoms with Gasteiger partial charge in [-0.3, -0.25) is 4.90 Å². The van der Waals surface area contributed by atoms with E-state index in [0.29, 0.717) is 16.5 Å². The summed E-state index contributed by atoms with van der Waals surface area (Å²) in [5, 5.41) is 4.99. The first-order chi connectivity index (χ1) is 9.10. The number of benzene rings is 1. The van der Waals surface area contributed by atoms with Crippen LogP contribution < -0.4 is 5.32 Å². The summed E-state index contributed by atoms with van der Waals surface area (Å²) >= 11 is 12.3. The van der Waals surface area contributed by atoms with E-state index in [1.54, 1.807) is 0 Å². The Morgan fingerprint density at radius 2 is 2.10 bits per heavy atom. The number of halogens is 3. The van der Waals surface area contributed by atoms with Gasteiger partial charge in [0, 0.05) is 29.2 Å². The topological polar surface area (TPSA) is 15.3 Å². The minimum absolute atomic E-state index is 0. The molecule has 5 heteroatoms. The average Bonchev–Trinajstić information content (AvgIpc) is 3.00. The average molecular weight is 336 g/mol. The fourth-order valence-electron chi connectivity index (χ4n) is 3.48. The van der Waals surface area contributed by atoms with Crippen LogP contribution in [0.2, 0.25) is 10.0 Å². The Balaban J connectivity index is 0.00000147. The predicted octanol–water partition coefficient (Wildman–Crippen LogP) is 4.16. The second-order valence-corrected chi connectivity index (χ2v) is 6.83. The van der Waals surface area contributed by atoms with Crippen LogP contribution in [0.5, 0.6) is 0 Å². The maximum Gasteiger partial charge on any atom is 0.0468 e. The Hall–Kier alpha value is 0.01000. The molecule has 1 aromatic rings. The van der Waals surface area contributed by atoms with Crippen molar-refractivity contribution in [2.24, 2.45) is 5.41 Å². The van der Waals surface area contributed by atoms with Gasteiger partial charge in [0.05, 0.1) is 0 Å². The van der Waals surface area contributed by atoms with E-state index in [0.717, 1.165) is 5.02 Å². The van der Waals surface area contributed by atoms with Crippen LogP contribution in [0, 0.1) is 5.41 Å². The van der Waals surface area contributed by atoms with Gasteiger partial charge in [0.15, 0.2) is 0 Å². The third kappa shape index (κ3) is 3.10. The summed E-state index contributed by atoms with van der Waals surface area (Å²) in [6.07, 6.45) is 2.61. The molecule has 2 fully saturated rings. The zero-order chi connectivity index (χ0) is 13.5. The van der Waals surface area contributed by atoms with E-state index in [1.807, 2.05) is 12.1 Å². The lowest BCUT2D eigenvalue weighted by Gasteiger charge is -2.28. The quantitative estimate of drug-likeness (QED) is 0.873. The largest absolute Gasteiger partial charge is 0.316 e. The first-order valence-corrected chi connectivity index (χ1v) is 7.75. The number of likely N-dealkylation sites (tertiary alicyclic amines) is 1. The number of nitrogens with zero attached hydrogens (tertiary/aromatic N) is 1. The number of rotatable bonds is 2. The van der Waals surface area contributed by atoms with Crippen LogP contribution >= 0.6 is 35.6 Å². The van der Waals surface area contributed by atoms with Crippen molar-refractivity contribution in [2.45, 2.75) is 25.8 Å². The predicted molar refractivity (Wildman–Crippen MR) is 88.2 cm³/mol. The Morgan fingerprint density at radius 1 is 1.30 bits per heavy atom. The molecule has 0 saturated carbocycles. The minimum atomic E-state index is 0. The molecule has 2 heterocycles.